The third kappa shape index (κ3) is 2.30. The van der Waals surface area contributed by atoms with Crippen LogP contribution in [0.5, 0.6) is 0 Å². The zero-order valence-electron chi connectivity index (χ0n) is 8.90. The fraction of sp³-hybridized carbons (Fsp3) is 0.400. The van der Waals surface area contributed by atoms with Crippen LogP contribution in [0, 0.1) is 15.9 Å². The normalized spacial score (nSPS) is 12.9. The molecule has 0 saturated heterocycles. The summed E-state index contributed by atoms with van der Waals surface area (Å²) in [7, 11) is 3.50. The molecule has 0 aliphatic rings. The minimum Gasteiger partial charge on any atom is -0.302 e. The first-order valence-corrected chi connectivity index (χ1v) is 4.54. The molecule has 1 unspecified atom stereocenters. The van der Waals surface area contributed by atoms with Gasteiger partial charge in [-0.05, 0) is 27.1 Å². The molecule has 0 bridgehead atoms. The van der Waals surface area contributed by atoms with E-state index in [0.717, 1.165) is 0 Å². The highest BCUT2D eigenvalue weighted by atomic mass is 19.1. The molecule has 0 radical (unpaired) electrons. The van der Waals surface area contributed by atoms with Crippen molar-refractivity contribution in [2.45, 2.75) is 13.0 Å². The van der Waals surface area contributed by atoms with Gasteiger partial charge in [-0.15, -0.1) is 0 Å². The van der Waals surface area contributed by atoms with E-state index in [2.05, 4.69) is 0 Å². The molecule has 0 aromatic heterocycles. The number of hydrogen-bond acceptors (Lipinski definition) is 3. The SMILES string of the molecule is CC(c1c(F)cccc1[N+](=O)[O-])N(C)C. The predicted molar refractivity (Wildman–Crippen MR) is 55.2 cm³/mol. The largest absolute Gasteiger partial charge is 0.302 e. The molecule has 0 N–H and O–H groups in total. The maximum atomic E-state index is 13.5. The average molecular weight is 212 g/mol. The lowest BCUT2D eigenvalue weighted by atomic mass is 10.0. The molecule has 0 saturated carbocycles. The van der Waals surface area contributed by atoms with Crippen molar-refractivity contribution in [3.63, 3.8) is 0 Å². The molecule has 1 aromatic rings. The van der Waals surface area contributed by atoms with Gasteiger partial charge in [0.05, 0.1) is 10.5 Å². The fourth-order valence-electron chi connectivity index (χ4n) is 1.36. The zero-order chi connectivity index (χ0) is 11.6. The van der Waals surface area contributed by atoms with Crippen LogP contribution in [0.3, 0.4) is 0 Å². The van der Waals surface area contributed by atoms with Crippen LogP contribution < -0.4 is 0 Å². The Labute approximate surface area is 87.5 Å². The number of nitrogens with zero attached hydrogens (tertiary/aromatic N) is 2. The van der Waals surface area contributed by atoms with Gasteiger partial charge in [0.1, 0.15) is 5.82 Å². The Balaban J connectivity index is 3.30. The van der Waals surface area contributed by atoms with Crippen molar-refractivity contribution < 1.29 is 9.31 Å². The molecule has 1 aromatic carbocycles. The molecule has 4 nitrogen and oxygen atoms in total. The molecule has 1 atom stereocenters. The van der Waals surface area contributed by atoms with E-state index in [1.807, 2.05) is 0 Å². The van der Waals surface area contributed by atoms with Gasteiger partial charge in [0, 0.05) is 12.1 Å². The van der Waals surface area contributed by atoms with Gasteiger partial charge >= 0.3 is 0 Å². The van der Waals surface area contributed by atoms with E-state index in [1.54, 1.807) is 25.9 Å². The summed E-state index contributed by atoms with van der Waals surface area (Å²) in [5, 5.41) is 10.7. The second kappa shape index (κ2) is 4.35. The minimum atomic E-state index is -0.557. The summed E-state index contributed by atoms with van der Waals surface area (Å²) in [6.07, 6.45) is 0. The van der Waals surface area contributed by atoms with Crippen molar-refractivity contribution in [2.75, 3.05) is 14.1 Å². The van der Waals surface area contributed by atoms with Crippen LogP contribution in [0.25, 0.3) is 0 Å². The molecule has 82 valence electrons. The van der Waals surface area contributed by atoms with Gasteiger partial charge in [-0.1, -0.05) is 6.07 Å². The Bertz CT molecular complexity index is 380. The van der Waals surface area contributed by atoms with E-state index >= 15 is 0 Å². The Morgan fingerprint density at radius 2 is 2.07 bits per heavy atom. The van der Waals surface area contributed by atoms with Gasteiger partial charge in [-0.2, -0.15) is 0 Å². The summed E-state index contributed by atoms with van der Waals surface area (Å²) in [6.45, 7) is 1.73. The summed E-state index contributed by atoms with van der Waals surface area (Å²) < 4.78 is 13.5. The maximum Gasteiger partial charge on any atom is 0.277 e. The van der Waals surface area contributed by atoms with E-state index in [9.17, 15) is 14.5 Å². The first-order chi connectivity index (χ1) is 6.95. The zero-order valence-corrected chi connectivity index (χ0v) is 8.90. The van der Waals surface area contributed by atoms with Crippen LogP contribution in [0.4, 0.5) is 10.1 Å². The number of nitro benzene ring substituents is 1. The van der Waals surface area contributed by atoms with Gasteiger partial charge in [0.25, 0.3) is 5.69 Å². The number of nitro groups is 1. The molecule has 1 rings (SSSR count). The number of rotatable bonds is 3. The monoisotopic (exact) mass is 212 g/mol. The Kier molecular flexibility index (Phi) is 3.36. The molecular weight excluding hydrogens is 199 g/mol. The summed E-state index contributed by atoms with van der Waals surface area (Å²) in [5.74, 6) is -0.537. The summed E-state index contributed by atoms with van der Waals surface area (Å²) >= 11 is 0. The highest BCUT2D eigenvalue weighted by Crippen LogP contribution is 2.29. The van der Waals surface area contributed by atoms with Gasteiger partial charge in [0.15, 0.2) is 0 Å². The number of benzene rings is 1. The molecule has 0 spiro atoms. The Hall–Kier alpha value is -1.49. The van der Waals surface area contributed by atoms with Crippen molar-refractivity contribution in [2.24, 2.45) is 0 Å². The van der Waals surface area contributed by atoms with Crippen LogP contribution in [-0.4, -0.2) is 23.9 Å². The summed E-state index contributed by atoms with van der Waals surface area (Å²) in [6, 6.07) is 3.58. The molecular formula is C10H13FN2O2. The second-order valence-electron chi connectivity index (χ2n) is 3.57. The van der Waals surface area contributed by atoms with Crippen LogP contribution in [0.15, 0.2) is 18.2 Å². The molecule has 0 aliphatic carbocycles. The molecule has 0 fully saturated rings. The molecule has 15 heavy (non-hydrogen) atoms. The first kappa shape index (κ1) is 11.6. The van der Waals surface area contributed by atoms with Gasteiger partial charge in [-0.3, -0.25) is 10.1 Å². The highest BCUT2D eigenvalue weighted by Gasteiger charge is 2.23. The van der Waals surface area contributed by atoms with Gasteiger partial charge in [0.2, 0.25) is 0 Å². The van der Waals surface area contributed by atoms with Crippen molar-refractivity contribution in [1.82, 2.24) is 4.90 Å². The maximum absolute atomic E-state index is 13.5. The van der Waals surface area contributed by atoms with Crippen LogP contribution in [-0.2, 0) is 0 Å². The minimum absolute atomic E-state index is 0.132. The smallest absolute Gasteiger partial charge is 0.277 e. The number of halogens is 1. The lowest BCUT2D eigenvalue weighted by molar-refractivity contribution is -0.386. The van der Waals surface area contributed by atoms with Crippen molar-refractivity contribution in [1.29, 1.82) is 0 Å². The summed E-state index contributed by atoms with van der Waals surface area (Å²) in [4.78, 5) is 11.9. The van der Waals surface area contributed by atoms with Crippen LogP contribution >= 0.6 is 0 Å². The fourth-order valence-corrected chi connectivity index (χ4v) is 1.36. The molecule has 5 heteroatoms. The van der Waals surface area contributed by atoms with Crippen molar-refractivity contribution >= 4 is 5.69 Å². The van der Waals surface area contributed by atoms with Crippen molar-refractivity contribution in [3.05, 3.63) is 39.7 Å². The molecule has 0 aliphatic heterocycles. The third-order valence-corrected chi connectivity index (χ3v) is 2.42. The van der Waals surface area contributed by atoms with E-state index in [4.69, 9.17) is 0 Å². The van der Waals surface area contributed by atoms with Crippen molar-refractivity contribution in [3.8, 4) is 0 Å². The quantitative estimate of drug-likeness (QED) is 0.570. The molecule has 0 heterocycles. The third-order valence-electron chi connectivity index (χ3n) is 2.42. The Morgan fingerprint density at radius 3 is 2.53 bits per heavy atom. The van der Waals surface area contributed by atoms with E-state index in [1.165, 1.54) is 18.2 Å². The molecule has 0 amide bonds. The van der Waals surface area contributed by atoms with Crippen LogP contribution in [0.2, 0.25) is 0 Å². The average Bonchev–Trinajstić information content (AvgIpc) is 2.16. The lowest BCUT2D eigenvalue weighted by Gasteiger charge is -2.20. The van der Waals surface area contributed by atoms with E-state index in [0.29, 0.717) is 0 Å². The summed E-state index contributed by atoms with van der Waals surface area (Å²) in [5.41, 5.74) is -0.0382. The predicted octanol–water partition coefficient (Wildman–Crippen LogP) is 2.36. The topological polar surface area (TPSA) is 46.4 Å². The number of hydrogen-bond donors (Lipinski definition) is 0. The lowest BCUT2D eigenvalue weighted by Crippen LogP contribution is -2.19. The van der Waals surface area contributed by atoms with Gasteiger partial charge in [-0.25, -0.2) is 4.39 Å². The van der Waals surface area contributed by atoms with Gasteiger partial charge < -0.3 is 4.90 Å². The second-order valence-corrected chi connectivity index (χ2v) is 3.57. The van der Waals surface area contributed by atoms with E-state index < -0.39 is 10.7 Å². The highest BCUT2D eigenvalue weighted by molar-refractivity contribution is 5.42. The van der Waals surface area contributed by atoms with E-state index in [-0.39, 0.29) is 17.3 Å². The Morgan fingerprint density at radius 1 is 1.47 bits per heavy atom. The first-order valence-electron chi connectivity index (χ1n) is 4.54. The standard InChI is InChI=1S/C10H13FN2O2/c1-7(12(2)3)10-8(11)5-4-6-9(10)13(14)15/h4-7H,1-3H3. The van der Waals surface area contributed by atoms with Crippen LogP contribution in [0.1, 0.15) is 18.5 Å².